The summed E-state index contributed by atoms with van der Waals surface area (Å²) in [6.07, 6.45) is 0. The summed E-state index contributed by atoms with van der Waals surface area (Å²) in [6, 6.07) is 12.8. The van der Waals surface area contributed by atoms with Gasteiger partial charge in [-0.1, -0.05) is 35.5 Å². The Kier molecular flexibility index (Phi) is 5.75. The fourth-order valence-electron chi connectivity index (χ4n) is 2.27. The molecule has 1 N–H and O–H groups in total. The molecule has 26 heavy (non-hydrogen) atoms. The number of halogens is 1. The molecule has 1 amide bonds. The Morgan fingerprint density at radius 2 is 2.15 bits per heavy atom. The van der Waals surface area contributed by atoms with E-state index in [-0.39, 0.29) is 11.7 Å². The molecule has 0 spiro atoms. The van der Waals surface area contributed by atoms with E-state index in [2.05, 4.69) is 20.8 Å². The number of anilines is 1. The lowest BCUT2D eigenvalue weighted by Crippen LogP contribution is -2.15. The van der Waals surface area contributed by atoms with Gasteiger partial charge in [0.1, 0.15) is 5.75 Å². The van der Waals surface area contributed by atoms with Crippen LogP contribution in [0, 0.1) is 6.92 Å². The van der Waals surface area contributed by atoms with Gasteiger partial charge >= 0.3 is 0 Å². The van der Waals surface area contributed by atoms with Gasteiger partial charge in [0.05, 0.1) is 24.2 Å². The molecule has 3 rings (SSSR count). The van der Waals surface area contributed by atoms with Gasteiger partial charge in [-0.2, -0.15) is 4.68 Å². The van der Waals surface area contributed by atoms with Crippen LogP contribution in [0.25, 0.3) is 5.69 Å². The van der Waals surface area contributed by atoms with E-state index in [1.165, 1.54) is 16.4 Å². The van der Waals surface area contributed by atoms with E-state index < -0.39 is 0 Å². The van der Waals surface area contributed by atoms with Crippen LogP contribution in [0.1, 0.15) is 5.56 Å². The largest absolute Gasteiger partial charge is 0.495 e. The molecule has 0 aliphatic carbocycles. The van der Waals surface area contributed by atoms with Crippen molar-refractivity contribution in [2.45, 2.75) is 12.1 Å². The van der Waals surface area contributed by atoms with Gasteiger partial charge in [0.25, 0.3) is 0 Å². The van der Waals surface area contributed by atoms with Crippen LogP contribution in [0.15, 0.2) is 47.6 Å². The predicted octanol–water partition coefficient (Wildman–Crippen LogP) is 3.36. The molecule has 0 fully saturated rings. The number of carbonyl (C=O) groups excluding carboxylic acids is 1. The first-order valence-corrected chi connectivity index (χ1v) is 9.05. The highest BCUT2D eigenvalue weighted by Gasteiger charge is 2.13. The van der Waals surface area contributed by atoms with E-state index in [4.69, 9.17) is 16.3 Å². The maximum atomic E-state index is 12.3. The number of amides is 1. The number of hydrogen-bond donors (Lipinski definition) is 1. The third-order valence-corrected chi connectivity index (χ3v) is 4.61. The topological polar surface area (TPSA) is 81.9 Å². The van der Waals surface area contributed by atoms with Crippen molar-refractivity contribution in [2.75, 3.05) is 18.2 Å². The minimum atomic E-state index is -0.181. The molecule has 2 aromatic carbocycles. The monoisotopic (exact) mass is 389 g/mol. The van der Waals surface area contributed by atoms with Gasteiger partial charge in [-0.15, -0.1) is 5.10 Å². The van der Waals surface area contributed by atoms with Crippen molar-refractivity contribution in [2.24, 2.45) is 0 Å². The van der Waals surface area contributed by atoms with Crippen LogP contribution in [-0.2, 0) is 4.79 Å². The molecule has 0 bridgehead atoms. The average molecular weight is 390 g/mol. The number of hydrogen-bond acceptors (Lipinski definition) is 6. The van der Waals surface area contributed by atoms with Gasteiger partial charge in [-0.3, -0.25) is 4.79 Å². The second-order valence-electron chi connectivity index (χ2n) is 5.39. The molecule has 0 unspecified atom stereocenters. The Labute approximate surface area is 159 Å². The second-order valence-corrected chi connectivity index (χ2v) is 6.77. The number of aromatic nitrogens is 4. The molecule has 0 saturated heterocycles. The summed E-state index contributed by atoms with van der Waals surface area (Å²) in [5, 5.41) is 15.5. The van der Waals surface area contributed by atoms with E-state index in [0.717, 1.165) is 11.3 Å². The maximum Gasteiger partial charge on any atom is 0.234 e. The highest BCUT2D eigenvalue weighted by molar-refractivity contribution is 7.99. The Hall–Kier alpha value is -2.58. The highest BCUT2D eigenvalue weighted by atomic mass is 35.5. The zero-order chi connectivity index (χ0) is 18.5. The minimum Gasteiger partial charge on any atom is -0.495 e. The number of benzene rings is 2. The van der Waals surface area contributed by atoms with Crippen molar-refractivity contribution >= 4 is 35.0 Å². The Morgan fingerprint density at radius 1 is 1.31 bits per heavy atom. The van der Waals surface area contributed by atoms with Gasteiger partial charge in [0, 0.05) is 5.02 Å². The molecule has 7 nitrogen and oxygen atoms in total. The smallest absolute Gasteiger partial charge is 0.234 e. The summed E-state index contributed by atoms with van der Waals surface area (Å²) in [5.74, 6) is 0.579. The number of nitrogens with one attached hydrogen (secondary N) is 1. The number of ether oxygens (including phenoxy) is 1. The number of carbonyl (C=O) groups is 1. The lowest BCUT2D eigenvalue weighted by molar-refractivity contribution is -0.113. The van der Waals surface area contributed by atoms with E-state index in [1.54, 1.807) is 19.2 Å². The molecule has 134 valence electrons. The van der Waals surface area contributed by atoms with E-state index in [9.17, 15) is 4.79 Å². The Balaban J connectivity index is 1.68. The molecule has 1 aromatic heterocycles. The lowest BCUT2D eigenvalue weighted by Gasteiger charge is -2.11. The number of aryl methyl sites for hydroxylation is 1. The van der Waals surface area contributed by atoms with Crippen LogP contribution >= 0.6 is 23.4 Å². The van der Waals surface area contributed by atoms with Crippen LogP contribution in [-0.4, -0.2) is 39.0 Å². The van der Waals surface area contributed by atoms with Crippen LogP contribution in [0.4, 0.5) is 5.69 Å². The van der Waals surface area contributed by atoms with Crippen molar-refractivity contribution in [3.63, 3.8) is 0 Å². The van der Waals surface area contributed by atoms with Gasteiger partial charge < -0.3 is 10.1 Å². The number of methoxy groups -OCH3 is 1. The molecule has 0 radical (unpaired) electrons. The van der Waals surface area contributed by atoms with Crippen molar-refractivity contribution in [3.05, 3.63) is 53.1 Å². The van der Waals surface area contributed by atoms with Crippen LogP contribution < -0.4 is 10.1 Å². The van der Waals surface area contributed by atoms with Crippen LogP contribution in [0.5, 0.6) is 5.75 Å². The normalized spacial score (nSPS) is 10.6. The molecule has 1 heterocycles. The third kappa shape index (κ3) is 4.33. The molecule has 0 atom stereocenters. The fourth-order valence-corrected chi connectivity index (χ4v) is 3.15. The summed E-state index contributed by atoms with van der Waals surface area (Å²) in [5.41, 5.74) is 2.39. The quantitative estimate of drug-likeness (QED) is 0.651. The molecule has 3 aromatic rings. The zero-order valence-corrected chi connectivity index (χ0v) is 15.7. The van der Waals surface area contributed by atoms with Crippen molar-refractivity contribution in [1.82, 2.24) is 20.2 Å². The maximum absolute atomic E-state index is 12.3. The standard InChI is InChI=1S/C17H16ClN5O2S/c1-11-6-7-15(25-2)14(8-11)19-16(24)10-26-17-20-21-22-23(17)13-5-3-4-12(18)9-13/h3-9H,10H2,1-2H3,(H,19,24). The number of thioether (sulfide) groups is 1. The highest BCUT2D eigenvalue weighted by Crippen LogP contribution is 2.26. The van der Waals surface area contributed by atoms with Crippen molar-refractivity contribution < 1.29 is 9.53 Å². The Bertz CT molecular complexity index is 931. The molecule has 9 heteroatoms. The lowest BCUT2D eigenvalue weighted by atomic mass is 10.2. The number of rotatable bonds is 6. The van der Waals surface area contributed by atoms with Crippen LogP contribution in [0.2, 0.25) is 5.02 Å². The number of nitrogens with zero attached hydrogens (tertiary/aromatic N) is 4. The van der Waals surface area contributed by atoms with E-state index in [1.807, 2.05) is 37.3 Å². The first-order valence-electron chi connectivity index (χ1n) is 7.68. The second kappa shape index (κ2) is 8.20. The summed E-state index contributed by atoms with van der Waals surface area (Å²) < 4.78 is 6.81. The van der Waals surface area contributed by atoms with Gasteiger partial charge in [-0.25, -0.2) is 0 Å². The first-order chi connectivity index (χ1) is 12.6. The fraction of sp³-hybridized carbons (Fsp3) is 0.176. The molecule has 0 aliphatic rings. The zero-order valence-electron chi connectivity index (χ0n) is 14.1. The van der Waals surface area contributed by atoms with Gasteiger partial charge in [0.15, 0.2) is 0 Å². The molecular formula is C17H16ClN5O2S. The average Bonchev–Trinajstić information content (AvgIpc) is 3.09. The van der Waals surface area contributed by atoms with Crippen LogP contribution in [0.3, 0.4) is 0 Å². The van der Waals surface area contributed by atoms with Crippen molar-refractivity contribution in [3.8, 4) is 11.4 Å². The van der Waals surface area contributed by atoms with Gasteiger partial charge in [0.2, 0.25) is 11.1 Å². The Morgan fingerprint density at radius 3 is 2.92 bits per heavy atom. The van der Waals surface area contributed by atoms with E-state index >= 15 is 0 Å². The predicted molar refractivity (Wildman–Crippen MR) is 101 cm³/mol. The number of tetrazole rings is 1. The molecule has 0 aliphatic heterocycles. The summed E-state index contributed by atoms with van der Waals surface area (Å²) in [4.78, 5) is 12.3. The van der Waals surface area contributed by atoms with E-state index in [0.29, 0.717) is 21.6 Å². The van der Waals surface area contributed by atoms with Gasteiger partial charge in [-0.05, 0) is 53.2 Å². The molecular weight excluding hydrogens is 374 g/mol. The molecule has 0 saturated carbocycles. The minimum absolute atomic E-state index is 0.151. The summed E-state index contributed by atoms with van der Waals surface area (Å²) in [6.45, 7) is 1.95. The summed E-state index contributed by atoms with van der Waals surface area (Å²) >= 11 is 7.24. The first kappa shape index (κ1) is 18.2. The SMILES string of the molecule is COc1ccc(C)cc1NC(=O)CSc1nnnn1-c1cccc(Cl)c1. The van der Waals surface area contributed by atoms with Crippen molar-refractivity contribution in [1.29, 1.82) is 0 Å². The third-order valence-electron chi connectivity index (χ3n) is 3.46. The summed E-state index contributed by atoms with van der Waals surface area (Å²) in [7, 11) is 1.56.